The molecule has 0 spiro atoms. The second-order valence-corrected chi connectivity index (χ2v) is 5.93. The molecule has 1 aromatic carbocycles. The highest BCUT2D eigenvalue weighted by Crippen LogP contribution is 2.23. The Balaban J connectivity index is 1.92. The van der Waals surface area contributed by atoms with Gasteiger partial charge in [-0.25, -0.2) is 0 Å². The van der Waals surface area contributed by atoms with Gasteiger partial charge >= 0.3 is 0 Å². The molecule has 0 aliphatic carbocycles. The Kier molecular flexibility index (Phi) is 4.11. The molecule has 5 nitrogen and oxygen atoms in total. The van der Waals surface area contributed by atoms with Crippen molar-refractivity contribution in [2.45, 2.75) is 38.6 Å². The van der Waals surface area contributed by atoms with Crippen molar-refractivity contribution in [3.63, 3.8) is 0 Å². The summed E-state index contributed by atoms with van der Waals surface area (Å²) < 4.78 is 5.36. The quantitative estimate of drug-likeness (QED) is 0.880. The number of likely N-dealkylation sites (tertiary alicyclic amines) is 1. The zero-order valence-corrected chi connectivity index (χ0v) is 13.2. The van der Waals surface area contributed by atoms with Gasteiger partial charge in [-0.15, -0.1) is 0 Å². The zero-order valence-electron chi connectivity index (χ0n) is 12.4. The summed E-state index contributed by atoms with van der Waals surface area (Å²) in [4.78, 5) is 29.8. The third kappa shape index (κ3) is 2.70. The normalized spacial score (nSPS) is 18.6. The molecule has 1 N–H and O–H groups in total. The minimum Gasteiger partial charge on any atom is -0.429 e. The van der Waals surface area contributed by atoms with Crippen molar-refractivity contribution >= 4 is 35.0 Å². The number of rotatable bonds is 3. The number of benzene rings is 1. The Morgan fingerprint density at radius 2 is 2.23 bits per heavy atom. The minimum atomic E-state index is -0.292. The standard InChI is InChI=1S/C16H18N2O3S/c1-2-13(19)12-5-3-4-8-18(12)15(20)10-6-7-11-14(9-10)21-16(22)17-11/h6-7,9,12H,2-5,8H2,1H3,(H,17,22). The Hall–Kier alpha value is -1.95. The number of oxazole rings is 1. The maximum absolute atomic E-state index is 12.8. The molecule has 1 saturated heterocycles. The molecule has 0 saturated carbocycles. The lowest BCUT2D eigenvalue weighted by Gasteiger charge is -2.34. The van der Waals surface area contributed by atoms with Crippen LogP contribution < -0.4 is 0 Å². The number of amides is 1. The summed E-state index contributed by atoms with van der Waals surface area (Å²) in [5.74, 6) is 0.0176. The topological polar surface area (TPSA) is 66.3 Å². The summed E-state index contributed by atoms with van der Waals surface area (Å²) in [6, 6.07) is 4.92. The maximum Gasteiger partial charge on any atom is 0.266 e. The average Bonchev–Trinajstić information content (AvgIpc) is 2.92. The van der Waals surface area contributed by atoms with Gasteiger partial charge in [-0.05, 0) is 49.7 Å². The van der Waals surface area contributed by atoms with E-state index in [0.29, 0.717) is 24.1 Å². The predicted octanol–water partition coefficient (Wildman–Crippen LogP) is 3.46. The molecule has 1 amide bonds. The molecule has 6 heteroatoms. The number of hydrogen-bond acceptors (Lipinski definition) is 4. The summed E-state index contributed by atoms with van der Waals surface area (Å²) in [7, 11) is 0. The Morgan fingerprint density at radius 1 is 1.41 bits per heavy atom. The number of H-pyrrole nitrogens is 1. The number of nitrogens with zero attached hydrogens (tertiary/aromatic N) is 1. The van der Waals surface area contributed by atoms with E-state index in [4.69, 9.17) is 16.6 Å². The van der Waals surface area contributed by atoms with E-state index in [1.54, 1.807) is 23.1 Å². The average molecular weight is 318 g/mol. The second kappa shape index (κ2) is 6.04. The van der Waals surface area contributed by atoms with Crippen LogP contribution in [0.4, 0.5) is 0 Å². The number of nitrogens with one attached hydrogen (secondary N) is 1. The largest absolute Gasteiger partial charge is 0.429 e. The highest BCUT2D eigenvalue weighted by atomic mass is 32.1. The molecular formula is C16H18N2O3S. The molecule has 2 aromatic rings. The summed E-state index contributed by atoms with van der Waals surface area (Å²) >= 11 is 4.95. The first kappa shape index (κ1) is 15.0. The third-order valence-electron chi connectivity index (χ3n) is 4.15. The van der Waals surface area contributed by atoms with Crippen LogP contribution in [0, 0.1) is 4.84 Å². The zero-order chi connectivity index (χ0) is 15.7. The van der Waals surface area contributed by atoms with Gasteiger partial charge in [0.25, 0.3) is 10.7 Å². The van der Waals surface area contributed by atoms with Gasteiger partial charge in [0.05, 0.1) is 11.6 Å². The lowest BCUT2D eigenvalue weighted by atomic mass is 9.96. The molecule has 22 heavy (non-hydrogen) atoms. The van der Waals surface area contributed by atoms with E-state index in [9.17, 15) is 9.59 Å². The van der Waals surface area contributed by atoms with Crippen LogP contribution in [0.15, 0.2) is 22.6 Å². The van der Waals surface area contributed by atoms with Crippen molar-refractivity contribution in [1.29, 1.82) is 0 Å². The van der Waals surface area contributed by atoms with E-state index >= 15 is 0 Å². The van der Waals surface area contributed by atoms with Crippen molar-refractivity contribution < 1.29 is 14.0 Å². The van der Waals surface area contributed by atoms with Gasteiger partial charge in [0.15, 0.2) is 11.4 Å². The smallest absolute Gasteiger partial charge is 0.266 e. The van der Waals surface area contributed by atoms with E-state index < -0.39 is 0 Å². The molecule has 116 valence electrons. The van der Waals surface area contributed by atoms with Gasteiger partial charge in [0.2, 0.25) is 0 Å². The van der Waals surface area contributed by atoms with Crippen LogP contribution in [0.5, 0.6) is 0 Å². The predicted molar refractivity (Wildman–Crippen MR) is 85.4 cm³/mol. The van der Waals surface area contributed by atoms with Crippen LogP contribution in [-0.4, -0.2) is 34.2 Å². The van der Waals surface area contributed by atoms with Crippen molar-refractivity contribution in [3.8, 4) is 0 Å². The highest BCUT2D eigenvalue weighted by Gasteiger charge is 2.31. The Bertz CT molecular complexity index is 777. The summed E-state index contributed by atoms with van der Waals surface area (Å²) in [5.41, 5.74) is 1.86. The Labute approximate surface area is 133 Å². The van der Waals surface area contributed by atoms with Crippen molar-refractivity contribution in [2.75, 3.05) is 6.54 Å². The van der Waals surface area contributed by atoms with Crippen molar-refractivity contribution in [1.82, 2.24) is 9.88 Å². The monoisotopic (exact) mass is 318 g/mol. The molecule has 1 atom stereocenters. The first-order valence-electron chi connectivity index (χ1n) is 7.56. The maximum atomic E-state index is 12.8. The van der Waals surface area contributed by atoms with Crippen molar-refractivity contribution in [3.05, 3.63) is 28.6 Å². The lowest BCUT2D eigenvalue weighted by Crippen LogP contribution is -2.47. The number of piperidine rings is 1. The van der Waals surface area contributed by atoms with Gasteiger partial charge in [-0.3, -0.25) is 9.59 Å². The lowest BCUT2D eigenvalue weighted by molar-refractivity contribution is -0.124. The fourth-order valence-electron chi connectivity index (χ4n) is 2.99. The number of carbonyl (C=O) groups excluding carboxylic acids is 2. The Morgan fingerprint density at radius 3 is 3.00 bits per heavy atom. The van der Waals surface area contributed by atoms with Crippen LogP contribution in [0.1, 0.15) is 43.0 Å². The van der Waals surface area contributed by atoms with Crippen LogP contribution in [-0.2, 0) is 4.79 Å². The fraction of sp³-hybridized carbons (Fsp3) is 0.438. The van der Waals surface area contributed by atoms with Gasteiger partial charge < -0.3 is 14.3 Å². The summed E-state index contributed by atoms with van der Waals surface area (Å²) in [6.07, 6.45) is 3.14. The first-order valence-corrected chi connectivity index (χ1v) is 7.97. The van der Waals surface area contributed by atoms with E-state index in [1.165, 1.54) is 0 Å². The minimum absolute atomic E-state index is 0.115. The van der Waals surface area contributed by atoms with E-state index in [-0.39, 0.29) is 22.6 Å². The third-order valence-corrected chi connectivity index (χ3v) is 4.34. The van der Waals surface area contributed by atoms with Gasteiger partial charge in [0.1, 0.15) is 0 Å². The van der Waals surface area contributed by atoms with Crippen molar-refractivity contribution in [2.24, 2.45) is 0 Å². The molecule has 1 aliphatic rings. The number of carbonyl (C=O) groups is 2. The van der Waals surface area contributed by atoms with Gasteiger partial charge in [-0.1, -0.05) is 6.92 Å². The highest BCUT2D eigenvalue weighted by molar-refractivity contribution is 7.71. The van der Waals surface area contributed by atoms with Crippen LogP contribution in [0.25, 0.3) is 11.1 Å². The van der Waals surface area contributed by atoms with E-state index in [1.807, 2.05) is 6.92 Å². The van der Waals surface area contributed by atoms with E-state index in [0.717, 1.165) is 24.8 Å². The molecule has 2 heterocycles. The molecule has 1 aliphatic heterocycles. The molecule has 0 bridgehead atoms. The molecule has 1 unspecified atom stereocenters. The van der Waals surface area contributed by atoms with Crippen LogP contribution in [0.3, 0.4) is 0 Å². The fourth-order valence-corrected chi connectivity index (χ4v) is 3.19. The number of hydrogen-bond donors (Lipinski definition) is 1. The molecule has 1 fully saturated rings. The first-order chi connectivity index (χ1) is 10.6. The van der Waals surface area contributed by atoms with E-state index in [2.05, 4.69) is 4.98 Å². The van der Waals surface area contributed by atoms with Gasteiger partial charge in [-0.2, -0.15) is 0 Å². The summed E-state index contributed by atoms with van der Waals surface area (Å²) in [5, 5.41) is 0. The molecular weight excluding hydrogens is 300 g/mol. The number of aromatic nitrogens is 1. The summed E-state index contributed by atoms with van der Waals surface area (Å²) in [6.45, 7) is 2.47. The molecule has 1 aromatic heterocycles. The van der Waals surface area contributed by atoms with Crippen LogP contribution in [0.2, 0.25) is 0 Å². The molecule has 3 rings (SSSR count). The van der Waals surface area contributed by atoms with Gasteiger partial charge in [0, 0.05) is 18.5 Å². The molecule has 0 radical (unpaired) electrons. The number of Topliss-reactive ketones (excluding diaryl/α,β-unsaturated/α-hetero) is 1. The number of aromatic amines is 1. The second-order valence-electron chi connectivity index (χ2n) is 5.56. The SMILES string of the molecule is CCC(=O)C1CCCCN1C(=O)c1ccc2[nH]c(=S)oc2c1. The number of fused-ring (bicyclic) bond motifs is 1. The van der Waals surface area contributed by atoms with Crippen LogP contribution >= 0.6 is 12.2 Å². The number of ketones is 1.